The molecule has 0 bridgehead atoms. The maximum Gasteiger partial charge on any atom is 0.256 e. The normalized spacial score (nSPS) is 19.5. The number of carbonyl (C=O) groups excluding carboxylic acids is 1. The molecule has 29 heavy (non-hydrogen) atoms. The smallest absolute Gasteiger partial charge is 0.256 e. The molecule has 1 aromatic carbocycles. The predicted octanol–water partition coefficient (Wildman–Crippen LogP) is 3.92. The van der Waals surface area contributed by atoms with Crippen molar-refractivity contribution < 1.29 is 13.2 Å². The lowest BCUT2D eigenvalue weighted by atomic mass is 10.1. The molecule has 1 saturated heterocycles. The summed E-state index contributed by atoms with van der Waals surface area (Å²) in [5.74, 6) is -0.336. The number of rotatable bonds is 4. The van der Waals surface area contributed by atoms with E-state index >= 15 is 0 Å². The van der Waals surface area contributed by atoms with Crippen LogP contribution in [0, 0.1) is 11.3 Å². The lowest BCUT2D eigenvalue weighted by Gasteiger charge is -2.32. The molecule has 1 aliphatic heterocycles. The summed E-state index contributed by atoms with van der Waals surface area (Å²) < 4.78 is 27.4. The van der Waals surface area contributed by atoms with Crippen molar-refractivity contribution in [2.45, 2.75) is 56.4 Å². The first-order valence-electron chi connectivity index (χ1n) is 9.89. The van der Waals surface area contributed by atoms with Crippen molar-refractivity contribution in [3.63, 3.8) is 0 Å². The van der Waals surface area contributed by atoms with Crippen LogP contribution in [0.3, 0.4) is 0 Å². The first-order valence-corrected chi connectivity index (χ1v) is 12.2. The zero-order valence-electron chi connectivity index (χ0n) is 16.3. The summed E-state index contributed by atoms with van der Waals surface area (Å²) in [6.45, 7) is 2.47. The largest absolute Gasteiger partial charge is 0.312 e. The second-order valence-electron chi connectivity index (χ2n) is 7.61. The third-order valence-corrected chi connectivity index (χ3v) is 8.96. The summed E-state index contributed by atoms with van der Waals surface area (Å²) in [4.78, 5) is 14.0. The number of thiophene rings is 1. The zero-order valence-corrected chi connectivity index (χ0v) is 17.9. The van der Waals surface area contributed by atoms with E-state index in [1.807, 2.05) is 6.92 Å². The highest BCUT2D eigenvalue weighted by Gasteiger charge is 2.31. The third kappa shape index (κ3) is 3.70. The highest BCUT2D eigenvalue weighted by molar-refractivity contribution is 7.89. The summed E-state index contributed by atoms with van der Waals surface area (Å²) >= 11 is 1.47. The SMILES string of the molecule is C[C@@H]1CCCCN1S(=O)(=O)c1ccc(C(=O)Nc2sc3c(c2C#N)CCC3)cc1. The second kappa shape index (κ2) is 7.90. The average Bonchev–Trinajstić information content (AvgIpc) is 3.29. The van der Waals surface area contributed by atoms with Crippen LogP contribution in [-0.4, -0.2) is 31.2 Å². The number of aryl methyl sites for hydroxylation is 1. The van der Waals surface area contributed by atoms with E-state index in [0.717, 1.165) is 44.1 Å². The first-order chi connectivity index (χ1) is 13.9. The maximum absolute atomic E-state index is 12.9. The van der Waals surface area contributed by atoms with E-state index in [2.05, 4.69) is 11.4 Å². The highest BCUT2D eigenvalue weighted by atomic mass is 32.2. The summed E-state index contributed by atoms with van der Waals surface area (Å²) in [6.07, 6.45) is 5.67. The molecule has 0 radical (unpaired) electrons. The van der Waals surface area contributed by atoms with Crippen molar-refractivity contribution in [3.8, 4) is 6.07 Å². The van der Waals surface area contributed by atoms with Crippen molar-refractivity contribution in [2.24, 2.45) is 0 Å². The number of nitrogens with zero attached hydrogens (tertiary/aromatic N) is 2. The first kappa shape index (κ1) is 20.1. The van der Waals surface area contributed by atoms with Gasteiger partial charge >= 0.3 is 0 Å². The van der Waals surface area contributed by atoms with Crippen LogP contribution in [0.2, 0.25) is 0 Å². The molecule has 0 spiro atoms. The molecular weight excluding hydrogens is 406 g/mol. The van der Waals surface area contributed by atoms with Crippen molar-refractivity contribution in [2.75, 3.05) is 11.9 Å². The number of hydrogen-bond donors (Lipinski definition) is 1. The number of fused-ring (bicyclic) bond motifs is 1. The Kier molecular flexibility index (Phi) is 5.47. The number of piperidine rings is 1. The van der Waals surface area contributed by atoms with Gasteiger partial charge in [-0.05, 0) is 68.9 Å². The molecule has 1 aromatic heterocycles. The lowest BCUT2D eigenvalue weighted by Crippen LogP contribution is -2.41. The molecule has 1 aliphatic carbocycles. The fourth-order valence-corrected chi connectivity index (χ4v) is 7.06. The Bertz CT molecular complexity index is 1080. The predicted molar refractivity (Wildman–Crippen MR) is 113 cm³/mol. The molecule has 4 rings (SSSR count). The number of nitrogens with one attached hydrogen (secondary N) is 1. The zero-order chi connectivity index (χ0) is 20.6. The number of benzene rings is 1. The van der Waals surface area contributed by atoms with Crippen LogP contribution in [-0.2, 0) is 22.9 Å². The number of anilines is 1. The van der Waals surface area contributed by atoms with E-state index in [1.165, 1.54) is 40.5 Å². The Morgan fingerprint density at radius 3 is 2.66 bits per heavy atom. The van der Waals surface area contributed by atoms with E-state index in [-0.39, 0.29) is 16.8 Å². The van der Waals surface area contributed by atoms with Gasteiger partial charge in [0.25, 0.3) is 5.91 Å². The van der Waals surface area contributed by atoms with E-state index in [9.17, 15) is 18.5 Å². The van der Waals surface area contributed by atoms with E-state index in [1.54, 1.807) is 4.31 Å². The van der Waals surface area contributed by atoms with Crippen molar-refractivity contribution in [1.82, 2.24) is 4.31 Å². The summed E-state index contributed by atoms with van der Waals surface area (Å²) in [6, 6.07) is 8.25. The Hall–Kier alpha value is -2.21. The molecule has 2 heterocycles. The summed E-state index contributed by atoms with van der Waals surface area (Å²) in [5, 5.41) is 12.9. The van der Waals surface area contributed by atoms with Gasteiger partial charge in [0.1, 0.15) is 11.1 Å². The molecule has 0 unspecified atom stereocenters. The quantitative estimate of drug-likeness (QED) is 0.797. The van der Waals surface area contributed by atoms with Gasteiger partial charge in [-0.25, -0.2) is 8.42 Å². The van der Waals surface area contributed by atoms with Gasteiger partial charge in [-0.2, -0.15) is 9.57 Å². The van der Waals surface area contributed by atoms with Gasteiger partial charge in [0.15, 0.2) is 0 Å². The van der Waals surface area contributed by atoms with Gasteiger partial charge in [0.05, 0.1) is 10.5 Å². The van der Waals surface area contributed by atoms with Crippen LogP contribution in [0.5, 0.6) is 0 Å². The van der Waals surface area contributed by atoms with Gasteiger partial charge in [0.2, 0.25) is 10.0 Å². The van der Waals surface area contributed by atoms with Gasteiger partial charge in [-0.1, -0.05) is 6.42 Å². The molecule has 0 saturated carbocycles. The Morgan fingerprint density at radius 2 is 1.97 bits per heavy atom. The number of nitriles is 1. The Balaban J connectivity index is 1.52. The number of sulfonamides is 1. The molecule has 1 fully saturated rings. The topological polar surface area (TPSA) is 90.3 Å². The Morgan fingerprint density at radius 1 is 1.21 bits per heavy atom. The van der Waals surface area contributed by atoms with Crippen molar-refractivity contribution in [3.05, 3.63) is 45.8 Å². The average molecular weight is 430 g/mol. The molecular formula is C21H23N3O3S2. The Labute approximate surface area is 175 Å². The van der Waals surface area contributed by atoms with E-state index < -0.39 is 10.0 Å². The maximum atomic E-state index is 12.9. The van der Waals surface area contributed by atoms with Crippen LogP contribution < -0.4 is 5.32 Å². The molecule has 1 amide bonds. The number of hydrogen-bond acceptors (Lipinski definition) is 5. The molecule has 152 valence electrons. The standard InChI is InChI=1S/C21H23N3O3S2/c1-14-5-2-3-12-24(14)29(26,27)16-10-8-15(9-11-16)20(25)23-21-18(13-22)17-6-4-7-19(17)28-21/h8-11,14H,2-7,12H2,1H3,(H,23,25)/t14-/m1/s1. The third-order valence-electron chi connectivity index (χ3n) is 5.73. The van der Waals surface area contributed by atoms with E-state index in [4.69, 9.17) is 0 Å². The molecule has 2 aromatic rings. The molecule has 1 atom stereocenters. The molecule has 8 heteroatoms. The number of amides is 1. The minimum atomic E-state index is -3.56. The fourth-order valence-electron chi connectivity index (χ4n) is 4.13. The molecule has 6 nitrogen and oxygen atoms in total. The summed E-state index contributed by atoms with van der Waals surface area (Å²) in [5.41, 5.74) is 1.99. The van der Waals surface area contributed by atoms with Gasteiger partial charge in [-0.3, -0.25) is 4.79 Å². The van der Waals surface area contributed by atoms with Crippen LogP contribution >= 0.6 is 11.3 Å². The van der Waals surface area contributed by atoms with E-state index in [0.29, 0.717) is 22.7 Å². The minimum absolute atomic E-state index is 0.0121. The van der Waals surface area contributed by atoms with Crippen LogP contribution in [0.25, 0.3) is 0 Å². The highest BCUT2D eigenvalue weighted by Crippen LogP contribution is 2.38. The van der Waals surface area contributed by atoms with Gasteiger partial charge in [0, 0.05) is 23.0 Å². The van der Waals surface area contributed by atoms with Crippen LogP contribution in [0.4, 0.5) is 5.00 Å². The second-order valence-corrected chi connectivity index (χ2v) is 10.6. The van der Waals surface area contributed by atoms with Gasteiger partial charge in [-0.15, -0.1) is 11.3 Å². The number of carbonyl (C=O) groups is 1. The van der Waals surface area contributed by atoms with Crippen LogP contribution in [0.15, 0.2) is 29.2 Å². The lowest BCUT2D eigenvalue weighted by molar-refractivity contribution is 0.102. The van der Waals surface area contributed by atoms with Crippen molar-refractivity contribution in [1.29, 1.82) is 5.26 Å². The molecule has 2 aliphatic rings. The minimum Gasteiger partial charge on any atom is -0.312 e. The summed E-state index contributed by atoms with van der Waals surface area (Å²) in [7, 11) is -3.56. The fraction of sp³-hybridized carbons (Fsp3) is 0.429. The monoisotopic (exact) mass is 429 g/mol. The van der Waals surface area contributed by atoms with Gasteiger partial charge < -0.3 is 5.32 Å². The molecule has 1 N–H and O–H groups in total. The van der Waals surface area contributed by atoms with Crippen molar-refractivity contribution >= 4 is 32.3 Å². The van der Waals surface area contributed by atoms with Crippen LogP contribution in [0.1, 0.15) is 59.0 Å².